The summed E-state index contributed by atoms with van der Waals surface area (Å²) >= 11 is 0. The normalized spacial score (nSPS) is 14.9. The lowest BCUT2D eigenvalue weighted by Gasteiger charge is -2.38. The molecule has 7 aromatic carbocycles. The topological polar surface area (TPSA) is 36.9 Å². The van der Waals surface area contributed by atoms with Crippen molar-refractivity contribution in [3.63, 3.8) is 0 Å². The summed E-state index contributed by atoms with van der Waals surface area (Å²) in [6, 6.07) is 57.2. The monoisotopic (exact) mass is 690 g/mol. The first kappa shape index (κ1) is 30.5. The van der Waals surface area contributed by atoms with Gasteiger partial charge in [0.1, 0.15) is 0 Å². The molecule has 0 fully saturated rings. The second-order valence-corrected chi connectivity index (χ2v) is 14.4. The Morgan fingerprint density at radius 1 is 0.519 bits per heavy atom. The van der Waals surface area contributed by atoms with Crippen molar-refractivity contribution >= 4 is 55.0 Å². The van der Waals surface area contributed by atoms with Crippen LogP contribution in [0.1, 0.15) is 23.1 Å². The lowest BCUT2D eigenvalue weighted by atomic mass is 9.91. The molecule has 3 heterocycles. The Morgan fingerprint density at radius 3 is 1.89 bits per heavy atom. The van der Waals surface area contributed by atoms with Crippen molar-refractivity contribution in [3.8, 4) is 28.6 Å². The molecule has 11 rings (SSSR count). The largest absolute Gasteiger partial charge is 0.334 e. The molecule has 0 saturated heterocycles. The van der Waals surface area contributed by atoms with Crippen LogP contribution in [0, 0.1) is 11.3 Å². The lowest BCUT2D eigenvalue weighted by molar-refractivity contribution is 0.770. The maximum Gasteiger partial charge on any atom is 0.0992 e. The van der Waals surface area contributed by atoms with E-state index in [0.29, 0.717) is 5.56 Å². The van der Waals surface area contributed by atoms with Gasteiger partial charge in [-0.25, -0.2) is 0 Å². The minimum Gasteiger partial charge on any atom is -0.334 e. The van der Waals surface area contributed by atoms with E-state index in [9.17, 15) is 5.26 Å². The molecule has 2 aliphatic rings. The molecule has 0 spiro atoms. The fraction of sp³-hybridized carbons (Fsp3) is 0.0600. The number of aromatic nitrogens is 2. The average Bonchev–Trinajstić information content (AvgIpc) is 3.74. The zero-order chi connectivity index (χ0) is 35.8. The minimum absolute atomic E-state index is 0.219. The fourth-order valence-corrected chi connectivity index (χ4v) is 9.09. The highest BCUT2D eigenvalue weighted by Crippen LogP contribution is 2.46. The molecule has 0 amide bonds. The molecule has 4 nitrogen and oxygen atoms in total. The van der Waals surface area contributed by atoms with Crippen molar-refractivity contribution in [2.24, 2.45) is 0 Å². The van der Waals surface area contributed by atoms with Crippen LogP contribution in [-0.4, -0.2) is 15.2 Å². The molecule has 0 bridgehead atoms. The van der Waals surface area contributed by atoms with E-state index in [-0.39, 0.29) is 6.04 Å². The number of rotatable bonds is 4. The van der Waals surface area contributed by atoms with Crippen molar-refractivity contribution in [2.75, 3.05) is 4.90 Å². The van der Waals surface area contributed by atoms with E-state index < -0.39 is 0 Å². The Labute approximate surface area is 313 Å². The fourth-order valence-electron chi connectivity index (χ4n) is 9.09. The van der Waals surface area contributed by atoms with Crippen LogP contribution in [0.15, 0.2) is 176 Å². The van der Waals surface area contributed by atoms with Crippen LogP contribution in [0.25, 0.3) is 66.1 Å². The number of allylic oxidation sites excluding steroid dienone is 2. The molecule has 4 heteroatoms. The van der Waals surface area contributed by atoms with Crippen molar-refractivity contribution in [1.82, 2.24) is 9.13 Å². The number of benzene rings is 7. The van der Waals surface area contributed by atoms with Crippen LogP contribution in [0.3, 0.4) is 0 Å². The van der Waals surface area contributed by atoms with E-state index in [4.69, 9.17) is 0 Å². The molecule has 0 N–H and O–H groups in total. The quantitative estimate of drug-likeness (QED) is 0.184. The van der Waals surface area contributed by atoms with Crippen molar-refractivity contribution in [2.45, 2.75) is 18.9 Å². The number of nitriles is 1. The Bertz CT molecular complexity index is 3040. The van der Waals surface area contributed by atoms with Gasteiger partial charge in [-0.3, -0.25) is 0 Å². The number of hydrogen-bond acceptors (Lipinski definition) is 2. The molecule has 1 aliphatic carbocycles. The molecular weight excluding hydrogens is 657 g/mol. The van der Waals surface area contributed by atoms with Gasteiger partial charge >= 0.3 is 0 Å². The predicted octanol–water partition coefficient (Wildman–Crippen LogP) is 12.3. The number of nitrogens with zero attached hydrogens (tertiary/aromatic N) is 4. The summed E-state index contributed by atoms with van der Waals surface area (Å²) in [5, 5.41) is 15.4. The van der Waals surface area contributed by atoms with E-state index >= 15 is 0 Å². The predicted molar refractivity (Wildman–Crippen MR) is 223 cm³/mol. The van der Waals surface area contributed by atoms with Crippen molar-refractivity contribution in [1.29, 1.82) is 5.26 Å². The first-order valence-corrected chi connectivity index (χ1v) is 18.7. The summed E-state index contributed by atoms with van der Waals surface area (Å²) in [5.74, 6) is 0. The zero-order valence-corrected chi connectivity index (χ0v) is 29.5. The Kier molecular flexibility index (Phi) is 6.77. The number of hydrogen-bond donors (Lipinski definition) is 0. The van der Waals surface area contributed by atoms with Gasteiger partial charge in [-0.1, -0.05) is 115 Å². The molecular formula is C50H34N4. The Balaban J connectivity index is 1.16. The van der Waals surface area contributed by atoms with Gasteiger partial charge in [0, 0.05) is 50.6 Å². The maximum absolute atomic E-state index is 10.5. The van der Waals surface area contributed by atoms with E-state index in [2.05, 4.69) is 184 Å². The average molecular weight is 691 g/mol. The second kappa shape index (κ2) is 12.0. The van der Waals surface area contributed by atoms with Crippen LogP contribution < -0.4 is 4.90 Å². The standard InChI is InChI=1S/C50H34N4/c51-32-33-26-35(39-17-5-10-22-45(39)54-47-24-12-6-18-40(47)41-19-7-13-25-48(41)54)29-38(27-33)53-46-23-11-8-20-42(46)43-30-36-28-34-14-4-9-21-44(34)52(49(36)31-50(43)53)37-15-2-1-3-16-37/h1-15,17-27,29-31,37H,16,28H2. The molecule has 2 aromatic heterocycles. The van der Waals surface area contributed by atoms with Gasteiger partial charge in [0.15, 0.2) is 0 Å². The van der Waals surface area contributed by atoms with Crippen LogP contribution in [-0.2, 0) is 6.42 Å². The second-order valence-electron chi connectivity index (χ2n) is 14.4. The SMILES string of the molecule is N#Cc1cc(-c2ccccc2-n2c3ccccc3c3ccccc32)cc(-n2c3ccccc3c3cc4c(cc32)N(C2C=CC=CC2)c2ccccc2C4)c1. The Morgan fingerprint density at radius 2 is 1.17 bits per heavy atom. The molecule has 0 saturated carbocycles. The number of para-hydroxylation sites is 5. The van der Waals surface area contributed by atoms with E-state index in [0.717, 1.165) is 57.4 Å². The summed E-state index contributed by atoms with van der Waals surface area (Å²) in [6.45, 7) is 0. The van der Waals surface area contributed by atoms with Crippen molar-refractivity contribution in [3.05, 3.63) is 193 Å². The third-order valence-corrected chi connectivity index (χ3v) is 11.4. The molecule has 1 unspecified atom stereocenters. The summed E-state index contributed by atoms with van der Waals surface area (Å²) < 4.78 is 4.74. The smallest absolute Gasteiger partial charge is 0.0992 e. The van der Waals surface area contributed by atoms with E-state index in [1.165, 1.54) is 44.0 Å². The molecule has 1 aliphatic heterocycles. The highest BCUT2D eigenvalue weighted by atomic mass is 15.2. The van der Waals surface area contributed by atoms with Crippen molar-refractivity contribution < 1.29 is 0 Å². The van der Waals surface area contributed by atoms with Crippen LogP contribution in [0.5, 0.6) is 0 Å². The van der Waals surface area contributed by atoms with Gasteiger partial charge in [0.2, 0.25) is 0 Å². The van der Waals surface area contributed by atoms with E-state index in [1.54, 1.807) is 0 Å². The van der Waals surface area contributed by atoms with Crippen LogP contribution in [0.4, 0.5) is 11.4 Å². The summed E-state index contributed by atoms with van der Waals surface area (Å²) in [6.07, 6.45) is 10.7. The summed E-state index contributed by atoms with van der Waals surface area (Å²) in [7, 11) is 0. The lowest BCUT2D eigenvalue weighted by Crippen LogP contribution is -2.33. The van der Waals surface area contributed by atoms with Crippen LogP contribution in [0.2, 0.25) is 0 Å². The van der Waals surface area contributed by atoms with Crippen LogP contribution >= 0.6 is 0 Å². The molecule has 0 radical (unpaired) electrons. The first-order chi connectivity index (χ1) is 26.7. The van der Waals surface area contributed by atoms with Gasteiger partial charge in [-0.15, -0.1) is 0 Å². The maximum atomic E-state index is 10.5. The highest BCUT2D eigenvalue weighted by Gasteiger charge is 2.29. The van der Waals surface area contributed by atoms with Gasteiger partial charge in [0.25, 0.3) is 0 Å². The minimum atomic E-state index is 0.219. The molecule has 54 heavy (non-hydrogen) atoms. The van der Waals surface area contributed by atoms with Gasteiger partial charge in [0.05, 0.1) is 45.4 Å². The molecule has 1 atom stereocenters. The Hall–Kier alpha value is -7.09. The number of fused-ring (bicyclic) bond motifs is 8. The third-order valence-electron chi connectivity index (χ3n) is 11.4. The summed E-state index contributed by atoms with van der Waals surface area (Å²) in [4.78, 5) is 2.54. The van der Waals surface area contributed by atoms with Gasteiger partial charge < -0.3 is 14.0 Å². The third kappa shape index (κ3) is 4.55. The highest BCUT2D eigenvalue weighted by molar-refractivity contribution is 6.12. The zero-order valence-electron chi connectivity index (χ0n) is 29.5. The molecule has 254 valence electrons. The van der Waals surface area contributed by atoms with Gasteiger partial charge in [-0.05, 0) is 83.8 Å². The first-order valence-electron chi connectivity index (χ1n) is 18.7. The number of anilines is 2. The van der Waals surface area contributed by atoms with E-state index in [1.807, 2.05) is 12.1 Å². The van der Waals surface area contributed by atoms with Gasteiger partial charge in [-0.2, -0.15) is 5.26 Å². The molecule has 9 aromatic rings. The summed E-state index contributed by atoms with van der Waals surface area (Å²) in [5.41, 5.74) is 14.5.